The first kappa shape index (κ1) is 18.1. The van der Waals surface area contributed by atoms with Gasteiger partial charge in [0.05, 0.1) is 0 Å². The average Bonchev–Trinajstić information content (AvgIpc) is 2.70. The highest BCUT2D eigenvalue weighted by molar-refractivity contribution is 5.48. The highest BCUT2D eigenvalue weighted by Gasteiger charge is 2.04. The Morgan fingerprint density at radius 2 is 1.76 bits per heavy atom. The number of hydrogen-bond acceptors (Lipinski definition) is 2. The van der Waals surface area contributed by atoms with Crippen LogP contribution in [0.25, 0.3) is 6.08 Å². The third-order valence-electron chi connectivity index (χ3n) is 1.55. The Morgan fingerprint density at radius 3 is 2.18 bits per heavy atom. The van der Waals surface area contributed by atoms with Crippen LogP contribution in [-0.2, 0) is 6.42 Å². The van der Waals surface area contributed by atoms with E-state index in [1.807, 2.05) is 39.8 Å². The lowest BCUT2D eigenvalue weighted by molar-refractivity contribution is 0.479. The van der Waals surface area contributed by atoms with Gasteiger partial charge < -0.3 is 4.42 Å². The summed E-state index contributed by atoms with van der Waals surface area (Å²) in [6.07, 6.45) is 7.61. The molecule has 0 atom stereocenters. The van der Waals surface area contributed by atoms with Gasteiger partial charge >= 0.3 is 0 Å². The summed E-state index contributed by atoms with van der Waals surface area (Å²) in [5, 5.41) is 0. The zero-order valence-corrected chi connectivity index (χ0v) is 12.2. The van der Waals surface area contributed by atoms with E-state index in [1.165, 1.54) is 6.42 Å². The number of nitrogens with zero attached hydrogens (tertiary/aromatic N) is 1. The minimum Gasteiger partial charge on any atom is -0.445 e. The van der Waals surface area contributed by atoms with Gasteiger partial charge in [0.1, 0.15) is 11.5 Å². The van der Waals surface area contributed by atoms with E-state index in [0.717, 1.165) is 23.8 Å². The lowest BCUT2D eigenvalue weighted by atomic mass is 10.2. The van der Waals surface area contributed by atoms with Crippen LogP contribution in [0.5, 0.6) is 0 Å². The van der Waals surface area contributed by atoms with Crippen molar-refractivity contribution in [3.05, 3.63) is 36.1 Å². The van der Waals surface area contributed by atoms with Gasteiger partial charge in [-0.3, -0.25) is 0 Å². The number of hydrogen-bond donors (Lipinski definition) is 0. The lowest BCUT2D eigenvalue weighted by Crippen LogP contribution is -1.79. The van der Waals surface area contributed by atoms with E-state index in [0.29, 0.717) is 0 Å². The van der Waals surface area contributed by atoms with Gasteiger partial charge in [-0.15, -0.1) is 0 Å². The number of aryl methyl sites for hydroxylation is 2. The van der Waals surface area contributed by atoms with Gasteiger partial charge in [0.15, 0.2) is 5.89 Å². The molecule has 17 heavy (non-hydrogen) atoms. The molecule has 0 aliphatic rings. The molecule has 0 aliphatic heterocycles. The second kappa shape index (κ2) is 12.8. The van der Waals surface area contributed by atoms with E-state index >= 15 is 0 Å². The van der Waals surface area contributed by atoms with Crippen molar-refractivity contribution in [1.29, 1.82) is 0 Å². The van der Waals surface area contributed by atoms with Gasteiger partial charge in [-0.2, -0.15) is 0 Å². The molecule has 0 spiro atoms. The maximum Gasteiger partial charge on any atom is 0.191 e. The topological polar surface area (TPSA) is 26.0 Å². The van der Waals surface area contributed by atoms with Gasteiger partial charge in [-0.25, -0.2) is 4.98 Å². The minimum atomic E-state index is 0.718. The first-order chi connectivity index (χ1) is 8.19. The van der Waals surface area contributed by atoms with E-state index in [9.17, 15) is 0 Å². The predicted molar refractivity (Wildman–Crippen MR) is 77.2 cm³/mol. The van der Waals surface area contributed by atoms with Crippen molar-refractivity contribution in [3.63, 3.8) is 0 Å². The summed E-state index contributed by atoms with van der Waals surface area (Å²) in [5.74, 6) is 1.65. The van der Waals surface area contributed by atoms with Crippen molar-refractivity contribution >= 4 is 6.08 Å². The molecule has 1 aromatic rings. The first-order valence-corrected chi connectivity index (χ1v) is 6.44. The normalized spacial score (nSPS) is 9.06. The highest BCUT2D eigenvalue weighted by atomic mass is 16.4. The summed E-state index contributed by atoms with van der Waals surface area (Å²) in [6.45, 7) is 15.7. The maximum atomic E-state index is 5.36. The van der Waals surface area contributed by atoms with Crippen LogP contribution >= 0.6 is 0 Å². The van der Waals surface area contributed by atoms with Crippen molar-refractivity contribution in [2.24, 2.45) is 0 Å². The second-order valence-corrected chi connectivity index (χ2v) is 3.20. The predicted octanol–water partition coefficient (Wildman–Crippen LogP) is 5.19. The van der Waals surface area contributed by atoms with E-state index in [2.05, 4.69) is 25.4 Å². The Balaban J connectivity index is 0. The lowest BCUT2D eigenvalue weighted by Gasteiger charge is -1.87. The first-order valence-electron chi connectivity index (χ1n) is 6.44. The monoisotopic (exact) mass is 237 g/mol. The fourth-order valence-electron chi connectivity index (χ4n) is 1.03. The maximum absolute atomic E-state index is 5.36. The molecule has 1 aromatic heterocycles. The molecule has 0 amide bonds. The van der Waals surface area contributed by atoms with Crippen LogP contribution in [0, 0.1) is 6.92 Å². The molecule has 0 unspecified atom stereocenters. The molecule has 2 nitrogen and oxygen atoms in total. The fraction of sp³-hybridized carbons (Fsp3) is 0.533. The van der Waals surface area contributed by atoms with Crippen LogP contribution in [0.15, 0.2) is 23.1 Å². The molecule has 0 radical (unpaired) electrons. The molecule has 0 N–H and O–H groups in total. The van der Waals surface area contributed by atoms with Crippen molar-refractivity contribution in [1.82, 2.24) is 4.98 Å². The van der Waals surface area contributed by atoms with Crippen LogP contribution in [0.4, 0.5) is 0 Å². The fourth-order valence-corrected chi connectivity index (χ4v) is 1.03. The van der Waals surface area contributed by atoms with Crippen molar-refractivity contribution in [3.8, 4) is 0 Å². The molecule has 1 rings (SSSR count). The molecule has 0 saturated carbocycles. The number of aromatic nitrogens is 1. The molecular formula is C15H27NO. The van der Waals surface area contributed by atoms with E-state index in [4.69, 9.17) is 4.42 Å². The Hall–Kier alpha value is -1.31. The molecule has 0 aliphatic carbocycles. The number of rotatable bonds is 3. The Bertz CT molecular complexity index is 311. The van der Waals surface area contributed by atoms with Gasteiger partial charge in [0.25, 0.3) is 0 Å². The molecule has 0 aromatic carbocycles. The summed E-state index contributed by atoms with van der Waals surface area (Å²) in [7, 11) is 0. The molecule has 1 heterocycles. The molecule has 0 fully saturated rings. The van der Waals surface area contributed by atoms with E-state index in [1.54, 1.807) is 6.08 Å². The summed E-state index contributed by atoms with van der Waals surface area (Å²) in [6, 6.07) is 0. The molecule has 2 heteroatoms. The smallest absolute Gasteiger partial charge is 0.191 e. The van der Waals surface area contributed by atoms with Gasteiger partial charge in [0.2, 0.25) is 0 Å². The van der Waals surface area contributed by atoms with Gasteiger partial charge in [-0.1, -0.05) is 59.8 Å². The van der Waals surface area contributed by atoms with Gasteiger partial charge in [0, 0.05) is 13.3 Å². The number of allylic oxidation sites excluding steroid dienone is 2. The van der Waals surface area contributed by atoms with Crippen LogP contribution in [0.1, 0.15) is 58.4 Å². The van der Waals surface area contributed by atoms with Crippen LogP contribution in [0.3, 0.4) is 0 Å². The van der Waals surface area contributed by atoms with Crippen LogP contribution in [0.2, 0.25) is 0 Å². The third kappa shape index (κ3) is 8.49. The summed E-state index contributed by atoms with van der Waals surface area (Å²) >= 11 is 0. The quantitative estimate of drug-likeness (QED) is 0.676. The highest BCUT2D eigenvalue weighted by Crippen LogP contribution is 2.12. The third-order valence-corrected chi connectivity index (χ3v) is 1.55. The van der Waals surface area contributed by atoms with Crippen LogP contribution in [-0.4, -0.2) is 4.98 Å². The summed E-state index contributed by atoms with van der Waals surface area (Å²) in [5.41, 5.74) is 0.912. The zero-order chi connectivity index (χ0) is 13.7. The zero-order valence-electron chi connectivity index (χ0n) is 12.2. The van der Waals surface area contributed by atoms with Crippen molar-refractivity contribution in [2.75, 3.05) is 0 Å². The Labute approximate surface area is 106 Å². The van der Waals surface area contributed by atoms with Crippen LogP contribution < -0.4 is 0 Å². The van der Waals surface area contributed by atoms with E-state index in [-0.39, 0.29) is 0 Å². The van der Waals surface area contributed by atoms with E-state index < -0.39 is 0 Å². The Kier molecular flexibility index (Phi) is 13.6. The van der Waals surface area contributed by atoms with Gasteiger partial charge in [-0.05, 0) is 6.08 Å². The number of oxazole rings is 1. The van der Waals surface area contributed by atoms with Crippen molar-refractivity contribution < 1.29 is 4.42 Å². The molecule has 0 saturated heterocycles. The minimum absolute atomic E-state index is 0.718. The summed E-state index contributed by atoms with van der Waals surface area (Å²) < 4.78 is 5.36. The standard InChI is InChI=1S/C10H13NO.C3H8.C2H6/c1-4-6-7-9-10(5-2)12-8(3)11-9;1-3-2;1-2/h4,6-7H,1,5H2,2-3H3;3H2,1-2H3;1-2H3/b7-6-;;. The Morgan fingerprint density at radius 1 is 1.24 bits per heavy atom. The largest absolute Gasteiger partial charge is 0.445 e. The molecular weight excluding hydrogens is 210 g/mol. The average molecular weight is 237 g/mol. The second-order valence-electron chi connectivity index (χ2n) is 3.20. The molecule has 0 bridgehead atoms. The summed E-state index contributed by atoms with van der Waals surface area (Å²) in [4.78, 5) is 4.22. The SMILES string of the molecule is C=C/C=C\c1nc(C)oc1CC.CC.CCC. The van der Waals surface area contributed by atoms with Crippen molar-refractivity contribution in [2.45, 2.75) is 54.4 Å². The molecule has 98 valence electrons.